The molecule has 0 saturated heterocycles. The van der Waals surface area contributed by atoms with Crippen molar-refractivity contribution < 1.29 is 17.9 Å². The Balaban J connectivity index is 2.79. The minimum absolute atomic E-state index is 0.00260. The van der Waals surface area contributed by atoms with Crippen molar-refractivity contribution in [3.63, 3.8) is 0 Å². The molecule has 0 aromatic heterocycles. The third kappa shape index (κ3) is 4.48. The van der Waals surface area contributed by atoms with Crippen LogP contribution in [-0.2, 0) is 13.8 Å². The summed E-state index contributed by atoms with van der Waals surface area (Å²) in [5, 5.41) is 0. The first kappa shape index (κ1) is 15.3. The molecule has 1 unspecified atom stereocenters. The van der Waals surface area contributed by atoms with Gasteiger partial charge in [0.1, 0.15) is 5.75 Å². The molecular weight excluding hydrogens is 276 g/mol. The molecule has 0 fully saturated rings. The van der Waals surface area contributed by atoms with Crippen LogP contribution in [0.25, 0.3) is 0 Å². The predicted octanol–water partition coefficient (Wildman–Crippen LogP) is 2.73. The maximum Gasteiger partial charge on any atom is 0.261 e. The van der Waals surface area contributed by atoms with Gasteiger partial charge in [-0.15, -0.1) is 0 Å². The SMILES string of the molecule is COCCC(C)Oc1ccc(S(=O)(=O)Cl)c(C)c1. The zero-order valence-electron chi connectivity index (χ0n) is 10.6. The Kier molecular flexibility index (Phi) is 5.44. The van der Waals surface area contributed by atoms with Crippen LogP contribution >= 0.6 is 10.7 Å². The Morgan fingerprint density at radius 3 is 2.56 bits per heavy atom. The van der Waals surface area contributed by atoms with E-state index in [-0.39, 0.29) is 11.0 Å². The van der Waals surface area contributed by atoms with Crippen molar-refractivity contribution in [2.45, 2.75) is 31.3 Å². The van der Waals surface area contributed by atoms with E-state index in [2.05, 4.69) is 0 Å². The van der Waals surface area contributed by atoms with Gasteiger partial charge in [0, 0.05) is 30.8 Å². The second-order valence-corrected chi connectivity index (χ2v) is 6.61. The lowest BCUT2D eigenvalue weighted by Crippen LogP contribution is -2.14. The van der Waals surface area contributed by atoms with Crippen LogP contribution < -0.4 is 4.74 Å². The van der Waals surface area contributed by atoms with E-state index in [1.54, 1.807) is 26.2 Å². The number of halogens is 1. The fourth-order valence-corrected chi connectivity index (χ4v) is 2.74. The average molecular weight is 293 g/mol. The molecule has 6 heteroatoms. The van der Waals surface area contributed by atoms with Gasteiger partial charge in [-0.05, 0) is 37.6 Å². The second kappa shape index (κ2) is 6.41. The van der Waals surface area contributed by atoms with Crippen molar-refractivity contribution in [2.24, 2.45) is 0 Å². The highest BCUT2D eigenvalue weighted by atomic mass is 35.7. The Morgan fingerprint density at radius 2 is 2.06 bits per heavy atom. The number of rotatable bonds is 6. The molecule has 0 amide bonds. The first-order chi connectivity index (χ1) is 8.34. The summed E-state index contributed by atoms with van der Waals surface area (Å²) in [5.41, 5.74) is 0.571. The fourth-order valence-electron chi connectivity index (χ4n) is 1.54. The normalized spacial score (nSPS) is 13.3. The summed E-state index contributed by atoms with van der Waals surface area (Å²) in [6, 6.07) is 4.72. The smallest absolute Gasteiger partial charge is 0.261 e. The quantitative estimate of drug-likeness (QED) is 0.757. The first-order valence-electron chi connectivity index (χ1n) is 5.55. The van der Waals surface area contributed by atoms with E-state index < -0.39 is 9.05 Å². The number of aryl methyl sites for hydroxylation is 1. The molecule has 0 aliphatic rings. The highest BCUT2D eigenvalue weighted by Crippen LogP contribution is 2.24. The minimum Gasteiger partial charge on any atom is -0.491 e. The van der Waals surface area contributed by atoms with E-state index in [1.807, 2.05) is 6.92 Å². The summed E-state index contributed by atoms with van der Waals surface area (Å²) in [6.45, 7) is 4.23. The Labute approximate surface area is 112 Å². The van der Waals surface area contributed by atoms with Crippen molar-refractivity contribution in [3.05, 3.63) is 23.8 Å². The minimum atomic E-state index is -3.70. The monoisotopic (exact) mass is 292 g/mol. The number of benzene rings is 1. The standard InChI is InChI=1S/C12H17ClO4S/c1-9-8-11(17-10(2)6-7-16-3)4-5-12(9)18(13,14)15/h4-5,8,10H,6-7H2,1-3H3. The second-order valence-electron chi connectivity index (χ2n) is 4.08. The molecular formula is C12H17ClO4S. The van der Waals surface area contributed by atoms with E-state index >= 15 is 0 Å². The Bertz CT molecular complexity index is 499. The zero-order valence-corrected chi connectivity index (χ0v) is 12.2. The number of hydrogen-bond acceptors (Lipinski definition) is 4. The lowest BCUT2D eigenvalue weighted by atomic mass is 10.2. The lowest BCUT2D eigenvalue weighted by molar-refractivity contribution is 0.135. The summed E-state index contributed by atoms with van der Waals surface area (Å²) in [6.07, 6.45) is 0.772. The summed E-state index contributed by atoms with van der Waals surface area (Å²) in [5.74, 6) is 0.625. The maximum absolute atomic E-state index is 11.2. The largest absolute Gasteiger partial charge is 0.491 e. The van der Waals surface area contributed by atoms with Crippen LogP contribution in [0.5, 0.6) is 5.75 Å². The predicted molar refractivity (Wildman–Crippen MR) is 70.8 cm³/mol. The number of methoxy groups -OCH3 is 1. The van der Waals surface area contributed by atoms with Crippen molar-refractivity contribution in [3.8, 4) is 5.75 Å². The number of ether oxygens (including phenoxy) is 2. The van der Waals surface area contributed by atoms with Crippen LogP contribution in [0.3, 0.4) is 0 Å². The van der Waals surface area contributed by atoms with Gasteiger partial charge in [-0.25, -0.2) is 8.42 Å². The molecule has 1 aromatic carbocycles. The van der Waals surface area contributed by atoms with Crippen LogP contribution in [0.4, 0.5) is 0 Å². The molecule has 18 heavy (non-hydrogen) atoms. The van der Waals surface area contributed by atoms with Gasteiger partial charge in [-0.1, -0.05) is 0 Å². The fraction of sp³-hybridized carbons (Fsp3) is 0.500. The highest BCUT2D eigenvalue weighted by molar-refractivity contribution is 8.13. The van der Waals surface area contributed by atoms with E-state index in [0.717, 1.165) is 6.42 Å². The van der Waals surface area contributed by atoms with Crippen molar-refractivity contribution in [1.29, 1.82) is 0 Å². The molecule has 0 saturated carbocycles. The summed E-state index contributed by atoms with van der Waals surface area (Å²) in [4.78, 5) is 0.112. The van der Waals surface area contributed by atoms with Gasteiger partial charge < -0.3 is 9.47 Å². The summed E-state index contributed by atoms with van der Waals surface area (Å²) >= 11 is 0. The van der Waals surface area contributed by atoms with E-state index in [9.17, 15) is 8.42 Å². The molecule has 1 aromatic rings. The topological polar surface area (TPSA) is 52.6 Å². The molecule has 0 heterocycles. The third-order valence-corrected chi connectivity index (χ3v) is 3.96. The van der Waals surface area contributed by atoms with E-state index in [0.29, 0.717) is 17.9 Å². The Morgan fingerprint density at radius 1 is 1.39 bits per heavy atom. The molecule has 0 spiro atoms. The van der Waals surface area contributed by atoms with E-state index in [1.165, 1.54) is 6.07 Å². The Hall–Kier alpha value is -0.780. The lowest BCUT2D eigenvalue weighted by Gasteiger charge is -2.15. The molecule has 1 rings (SSSR count). The van der Waals surface area contributed by atoms with Gasteiger partial charge in [-0.2, -0.15) is 0 Å². The molecule has 1 atom stereocenters. The molecule has 4 nitrogen and oxygen atoms in total. The third-order valence-electron chi connectivity index (χ3n) is 2.47. The number of hydrogen-bond donors (Lipinski definition) is 0. The van der Waals surface area contributed by atoms with Gasteiger partial charge >= 0.3 is 0 Å². The van der Waals surface area contributed by atoms with Crippen LogP contribution in [-0.4, -0.2) is 28.2 Å². The average Bonchev–Trinajstić information content (AvgIpc) is 2.24. The van der Waals surface area contributed by atoms with Crippen molar-refractivity contribution >= 4 is 19.7 Å². The summed E-state index contributed by atoms with van der Waals surface area (Å²) < 4.78 is 33.1. The highest BCUT2D eigenvalue weighted by Gasteiger charge is 2.14. The van der Waals surface area contributed by atoms with Gasteiger partial charge in [0.25, 0.3) is 9.05 Å². The zero-order chi connectivity index (χ0) is 13.8. The molecule has 0 aliphatic carbocycles. The van der Waals surface area contributed by atoms with Gasteiger partial charge in [0.05, 0.1) is 11.0 Å². The molecule has 0 N–H and O–H groups in total. The van der Waals surface area contributed by atoms with Crippen LogP contribution in [0.1, 0.15) is 18.9 Å². The van der Waals surface area contributed by atoms with Crippen molar-refractivity contribution in [2.75, 3.05) is 13.7 Å². The van der Waals surface area contributed by atoms with Crippen LogP contribution in [0.2, 0.25) is 0 Å². The summed E-state index contributed by atoms with van der Waals surface area (Å²) in [7, 11) is 3.24. The molecule has 0 aliphatic heterocycles. The maximum atomic E-state index is 11.2. The van der Waals surface area contributed by atoms with Gasteiger partial charge in [-0.3, -0.25) is 0 Å². The van der Waals surface area contributed by atoms with E-state index in [4.69, 9.17) is 20.2 Å². The molecule has 0 radical (unpaired) electrons. The first-order valence-corrected chi connectivity index (χ1v) is 7.86. The van der Waals surface area contributed by atoms with Gasteiger partial charge in [0.2, 0.25) is 0 Å². The van der Waals surface area contributed by atoms with Crippen LogP contribution in [0.15, 0.2) is 23.1 Å². The van der Waals surface area contributed by atoms with Crippen LogP contribution in [0, 0.1) is 6.92 Å². The van der Waals surface area contributed by atoms with Crippen molar-refractivity contribution in [1.82, 2.24) is 0 Å². The van der Waals surface area contributed by atoms with Gasteiger partial charge in [0.15, 0.2) is 0 Å². The molecule has 0 bridgehead atoms. The molecule has 102 valence electrons.